The number of allylic oxidation sites excluding steroid dienone is 13. The number of hydrogen-bond acceptors (Lipinski definition) is 1. The van der Waals surface area contributed by atoms with Gasteiger partial charge in [-0.15, -0.1) is 0 Å². The van der Waals surface area contributed by atoms with Crippen LogP contribution in [0.1, 0.15) is 94.5 Å². The summed E-state index contributed by atoms with van der Waals surface area (Å²) >= 11 is 0. The molecule has 286 valence electrons. The van der Waals surface area contributed by atoms with Gasteiger partial charge in [-0.05, 0) is 134 Å². The molecule has 10 rings (SSSR count). The molecular weight excluding hydrogens is 699 g/mol. The van der Waals surface area contributed by atoms with E-state index in [-0.39, 0.29) is 16.2 Å². The van der Waals surface area contributed by atoms with Crippen molar-refractivity contribution in [1.29, 1.82) is 0 Å². The lowest BCUT2D eigenvalue weighted by Gasteiger charge is -2.36. The standard InChI is InChI=1S/C57H53N/c1-8-9-19-44-37(2)56(6,7)52-35-42(29-32-47(44)52)58(41-27-24-39(25-28-41)38-17-11-10-12-18-38)43-30-33-49-48-31-26-40(55(3,4)5)34-53(48)57(54(49)36-43)50-22-15-13-20-45(50)46-21-14-16-23-51(46)57/h8-20,22-28,30-31,33-36,46H,1,21,29,32H2,2-7H3/b19-9-. The number of fused-ring (bicyclic) bond motifs is 10. The van der Waals surface area contributed by atoms with Crippen molar-refractivity contribution in [2.24, 2.45) is 5.41 Å². The van der Waals surface area contributed by atoms with Gasteiger partial charge in [0, 0.05) is 28.4 Å². The maximum atomic E-state index is 3.98. The van der Waals surface area contributed by atoms with Crippen LogP contribution in [-0.2, 0) is 10.8 Å². The van der Waals surface area contributed by atoms with E-state index in [4.69, 9.17) is 0 Å². The summed E-state index contributed by atoms with van der Waals surface area (Å²) in [5.41, 5.74) is 22.9. The fraction of sp³-hybridized carbons (Fsp3) is 0.228. The highest BCUT2D eigenvalue weighted by Gasteiger charge is 2.55. The van der Waals surface area contributed by atoms with Crippen molar-refractivity contribution < 1.29 is 0 Å². The Morgan fingerprint density at radius 3 is 2.19 bits per heavy atom. The van der Waals surface area contributed by atoms with Crippen LogP contribution in [0.5, 0.6) is 0 Å². The third-order valence-corrected chi connectivity index (χ3v) is 14.1. The molecule has 0 fully saturated rings. The number of benzene rings is 5. The molecule has 1 nitrogen and oxygen atoms in total. The summed E-state index contributed by atoms with van der Waals surface area (Å²) in [5, 5.41) is 0. The first-order valence-electron chi connectivity index (χ1n) is 21.2. The lowest BCUT2D eigenvalue weighted by Crippen LogP contribution is -2.28. The molecule has 0 radical (unpaired) electrons. The van der Waals surface area contributed by atoms with E-state index >= 15 is 0 Å². The Balaban J connectivity index is 1.20. The zero-order valence-corrected chi connectivity index (χ0v) is 34.9. The van der Waals surface area contributed by atoms with Gasteiger partial charge in [0.1, 0.15) is 0 Å². The molecule has 0 heterocycles. The third kappa shape index (κ3) is 5.29. The average molecular weight is 752 g/mol. The molecule has 5 aromatic carbocycles. The lowest BCUT2D eigenvalue weighted by molar-refractivity contribution is 0.556. The monoisotopic (exact) mass is 751 g/mol. The minimum absolute atomic E-state index is 0.0286. The molecule has 58 heavy (non-hydrogen) atoms. The molecule has 0 N–H and O–H groups in total. The van der Waals surface area contributed by atoms with Gasteiger partial charge in [-0.3, -0.25) is 0 Å². The van der Waals surface area contributed by atoms with Crippen LogP contribution in [0, 0.1) is 5.41 Å². The largest absolute Gasteiger partial charge is 0.314 e. The smallest absolute Gasteiger partial charge is 0.0686 e. The van der Waals surface area contributed by atoms with Crippen LogP contribution in [0.15, 0.2) is 198 Å². The van der Waals surface area contributed by atoms with Gasteiger partial charge in [-0.1, -0.05) is 174 Å². The average Bonchev–Trinajstić information content (AvgIpc) is 3.78. The summed E-state index contributed by atoms with van der Waals surface area (Å²) in [7, 11) is 0. The van der Waals surface area contributed by atoms with Gasteiger partial charge >= 0.3 is 0 Å². The van der Waals surface area contributed by atoms with Gasteiger partial charge < -0.3 is 4.90 Å². The van der Waals surface area contributed by atoms with E-state index in [9.17, 15) is 0 Å². The van der Waals surface area contributed by atoms with Gasteiger partial charge in [0.05, 0.1) is 5.41 Å². The summed E-state index contributed by atoms with van der Waals surface area (Å²) in [5.74, 6) is 0.361. The van der Waals surface area contributed by atoms with Crippen LogP contribution in [0.4, 0.5) is 11.4 Å². The molecule has 0 amide bonds. The lowest BCUT2D eigenvalue weighted by atomic mass is 9.68. The van der Waals surface area contributed by atoms with Gasteiger partial charge in [-0.25, -0.2) is 0 Å². The second kappa shape index (κ2) is 13.3. The Morgan fingerprint density at radius 2 is 1.43 bits per heavy atom. The minimum Gasteiger partial charge on any atom is -0.314 e. The molecular formula is C57H53N. The van der Waals surface area contributed by atoms with E-state index in [0.29, 0.717) is 5.92 Å². The maximum Gasteiger partial charge on any atom is 0.0686 e. The first kappa shape index (κ1) is 36.4. The molecule has 0 aromatic heterocycles. The van der Waals surface area contributed by atoms with Gasteiger partial charge in [0.2, 0.25) is 0 Å². The number of nitrogens with zero attached hydrogens (tertiary/aromatic N) is 1. The fourth-order valence-electron chi connectivity index (χ4n) is 10.9. The maximum absolute atomic E-state index is 3.98. The summed E-state index contributed by atoms with van der Waals surface area (Å²) in [6.45, 7) is 18.1. The van der Waals surface area contributed by atoms with Crippen molar-refractivity contribution in [2.45, 2.75) is 77.6 Å². The number of rotatable bonds is 6. The zero-order chi connectivity index (χ0) is 40.0. The van der Waals surface area contributed by atoms with Gasteiger partial charge in [0.15, 0.2) is 0 Å². The number of hydrogen-bond donors (Lipinski definition) is 0. The Labute approximate surface area is 345 Å². The molecule has 5 aromatic rings. The van der Waals surface area contributed by atoms with E-state index in [1.807, 2.05) is 6.08 Å². The molecule has 5 aliphatic carbocycles. The van der Waals surface area contributed by atoms with Gasteiger partial charge in [0.25, 0.3) is 0 Å². The van der Waals surface area contributed by atoms with Crippen LogP contribution in [0.25, 0.3) is 22.3 Å². The van der Waals surface area contributed by atoms with Crippen molar-refractivity contribution in [3.63, 3.8) is 0 Å². The van der Waals surface area contributed by atoms with E-state index in [1.165, 1.54) is 95.0 Å². The van der Waals surface area contributed by atoms with Crippen molar-refractivity contribution in [2.75, 3.05) is 4.90 Å². The van der Waals surface area contributed by atoms with Crippen LogP contribution >= 0.6 is 0 Å². The first-order valence-corrected chi connectivity index (χ1v) is 21.2. The Morgan fingerprint density at radius 1 is 0.741 bits per heavy atom. The van der Waals surface area contributed by atoms with Crippen LogP contribution in [0.2, 0.25) is 0 Å². The Bertz CT molecular complexity index is 2710. The first-order chi connectivity index (χ1) is 28.0. The molecule has 2 unspecified atom stereocenters. The summed E-state index contributed by atoms with van der Waals surface area (Å²) < 4.78 is 0. The summed E-state index contributed by atoms with van der Waals surface area (Å²) in [6.07, 6.45) is 18.9. The van der Waals surface area contributed by atoms with Crippen LogP contribution in [0.3, 0.4) is 0 Å². The second-order valence-electron chi connectivity index (χ2n) is 18.5. The summed E-state index contributed by atoms with van der Waals surface area (Å²) in [4.78, 5) is 2.58. The molecule has 0 saturated carbocycles. The van der Waals surface area contributed by atoms with Crippen LogP contribution < -0.4 is 4.90 Å². The normalized spacial score (nSPS) is 21.1. The van der Waals surface area contributed by atoms with E-state index in [2.05, 4.69) is 205 Å². The third-order valence-electron chi connectivity index (χ3n) is 14.1. The minimum atomic E-state index is -0.367. The Hall–Kier alpha value is -5.92. The number of anilines is 2. The Kier molecular flexibility index (Phi) is 8.36. The van der Waals surface area contributed by atoms with Crippen LogP contribution in [-0.4, -0.2) is 0 Å². The highest BCUT2D eigenvalue weighted by Crippen LogP contribution is 2.66. The highest BCUT2D eigenvalue weighted by molar-refractivity contribution is 5.91. The molecule has 1 heteroatoms. The van der Waals surface area contributed by atoms with Gasteiger partial charge in [-0.2, -0.15) is 0 Å². The van der Waals surface area contributed by atoms with Crippen molar-refractivity contribution in [1.82, 2.24) is 0 Å². The fourth-order valence-corrected chi connectivity index (χ4v) is 10.9. The SMILES string of the molecule is C=C/C=C\C1=C(C)C(C)(C)C2=C1CCC(N(c1ccc(-c3ccccc3)cc1)c1ccc3c(c1)C1(C4=CC=CCC4c4ccccc41)c1cc(C(C)(C)C)ccc1-3)=C2. The van der Waals surface area contributed by atoms with E-state index < -0.39 is 0 Å². The molecule has 2 atom stereocenters. The molecule has 5 aliphatic rings. The summed E-state index contributed by atoms with van der Waals surface area (Å²) in [6, 6.07) is 44.1. The predicted molar refractivity (Wildman–Crippen MR) is 246 cm³/mol. The molecule has 0 saturated heterocycles. The molecule has 0 aliphatic heterocycles. The zero-order valence-electron chi connectivity index (χ0n) is 34.9. The van der Waals surface area contributed by atoms with Crippen molar-refractivity contribution in [3.05, 3.63) is 226 Å². The van der Waals surface area contributed by atoms with Crippen molar-refractivity contribution >= 4 is 11.4 Å². The molecule has 1 spiro atoms. The highest BCUT2D eigenvalue weighted by atomic mass is 15.1. The topological polar surface area (TPSA) is 3.24 Å². The quantitative estimate of drug-likeness (QED) is 0.156. The molecule has 0 bridgehead atoms. The second-order valence-corrected chi connectivity index (χ2v) is 18.5. The van der Waals surface area contributed by atoms with E-state index in [0.717, 1.165) is 19.3 Å². The predicted octanol–water partition coefficient (Wildman–Crippen LogP) is 15.2. The van der Waals surface area contributed by atoms with Crippen molar-refractivity contribution in [3.8, 4) is 22.3 Å². The van der Waals surface area contributed by atoms with E-state index in [1.54, 1.807) is 0 Å².